The fourth-order valence-electron chi connectivity index (χ4n) is 2.87. The van der Waals surface area contributed by atoms with Crippen molar-refractivity contribution in [2.75, 3.05) is 0 Å². The summed E-state index contributed by atoms with van der Waals surface area (Å²) in [4.78, 5) is 8.73. The Balaban J connectivity index is 2.05. The normalized spacial score (nSPS) is 10.8. The molecule has 0 atom stereocenters. The number of hydrogen-bond donors (Lipinski definition) is 0. The zero-order chi connectivity index (χ0) is 17.4. The molecule has 0 amide bonds. The minimum Gasteiger partial charge on any atom is -0.312 e. The monoisotopic (exact) mass is 328 g/mol. The van der Waals surface area contributed by atoms with Gasteiger partial charge in [0, 0.05) is 17.4 Å². The second kappa shape index (κ2) is 5.84. The van der Waals surface area contributed by atoms with Gasteiger partial charge in [-0.2, -0.15) is 5.26 Å². The highest BCUT2D eigenvalue weighted by molar-refractivity contribution is 5.94. The number of fused-ring (bicyclic) bond motifs is 1. The Kier molecular flexibility index (Phi) is 3.51. The van der Waals surface area contributed by atoms with Gasteiger partial charge < -0.3 is 4.57 Å². The molecule has 0 N–H and O–H groups in total. The Morgan fingerprint density at radius 2 is 1.72 bits per heavy atom. The molecule has 4 aromatic rings. The van der Waals surface area contributed by atoms with E-state index in [0.29, 0.717) is 11.1 Å². The van der Waals surface area contributed by atoms with Crippen molar-refractivity contribution in [2.45, 2.75) is 6.92 Å². The predicted octanol–water partition coefficient (Wildman–Crippen LogP) is 4.41. The van der Waals surface area contributed by atoms with Gasteiger partial charge in [0.25, 0.3) is 0 Å². The zero-order valence-electron chi connectivity index (χ0n) is 13.4. The molecule has 4 rings (SSSR count). The van der Waals surface area contributed by atoms with Crippen LogP contribution in [0, 0.1) is 24.1 Å². The van der Waals surface area contributed by atoms with Gasteiger partial charge in [-0.05, 0) is 31.2 Å². The van der Waals surface area contributed by atoms with Crippen molar-refractivity contribution in [1.82, 2.24) is 14.5 Å². The van der Waals surface area contributed by atoms with Crippen LogP contribution in [0.3, 0.4) is 0 Å². The summed E-state index contributed by atoms with van der Waals surface area (Å²) in [5.74, 6) is -0.310. The summed E-state index contributed by atoms with van der Waals surface area (Å²) in [7, 11) is 0. The summed E-state index contributed by atoms with van der Waals surface area (Å²) in [6.07, 6.45) is 3.18. The van der Waals surface area contributed by atoms with Crippen molar-refractivity contribution < 1.29 is 4.39 Å². The van der Waals surface area contributed by atoms with E-state index in [4.69, 9.17) is 0 Å². The maximum absolute atomic E-state index is 13.3. The van der Waals surface area contributed by atoms with E-state index in [1.165, 1.54) is 18.5 Å². The van der Waals surface area contributed by atoms with Crippen LogP contribution in [0.15, 0.2) is 61.1 Å². The summed E-state index contributed by atoms with van der Waals surface area (Å²) in [6.45, 7) is 2.02. The molecule has 120 valence electrons. The van der Waals surface area contributed by atoms with Gasteiger partial charge >= 0.3 is 0 Å². The summed E-state index contributed by atoms with van der Waals surface area (Å²) in [6, 6.07) is 16.3. The molecule has 0 saturated heterocycles. The topological polar surface area (TPSA) is 54.5 Å². The minimum atomic E-state index is -0.310. The van der Waals surface area contributed by atoms with Crippen LogP contribution < -0.4 is 0 Å². The quantitative estimate of drug-likeness (QED) is 0.548. The molecule has 25 heavy (non-hydrogen) atoms. The van der Waals surface area contributed by atoms with Crippen LogP contribution in [-0.4, -0.2) is 14.5 Å². The van der Waals surface area contributed by atoms with Gasteiger partial charge in [0.15, 0.2) is 0 Å². The van der Waals surface area contributed by atoms with E-state index in [2.05, 4.69) is 16.0 Å². The van der Waals surface area contributed by atoms with Crippen LogP contribution in [0.25, 0.3) is 28.0 Å². The Bertz CT molecular complexity index is 1100. The average molecular weight is 328 g/mol. The molecule has 0 spiro atoms. The molecule has 0 aliphatic heterocycles. The molecular formula is C20H13FN4. The van der Waals surface area contributed by atoms with E-state index < -0.39 is 0 Å². The lowest BCUT2D eigenvalue weighted by Gasteiger charge is -2.09. The van der Waals surface area contributed by atoms with E-state index in [0.717, 1.165) is 28.0 Å². The Labute approximate surface area is 143 Å². The van der Waals surface area contributed by atoms with Gasteiger partial charge in [-0.15, -0.1) is 0 Å². The van der Waals surface area contributed by atoms with Gasteiger partial charge in [0.05, 0.1) is 16.8 Å². The van der Waals surface area contributed by atoms with Crippen LogP contribution in [0.4, 0.5) is 4.39 Å². The lowest BCUT2D eigenvalue weighted by Crippen LogP contribution is -1.96. The Hall–Kier alpha value is -3.52. The highest BCUT2D eigenvalue weighted by Gasteiger charge is 2.17. The molecule has 2 aromatic heterocycles. The lowest BCUT2D eigenvalue weighted by atomic mass is 10.1. The molecule has 0 bridgehead atoms. The van der Waals surface area contributed by atoms with Gasteiger partial charge in [0.2, 0.25) is 0 Å². The summed E-state index contributed by atoms with van der Waals surface area (Å²) in [5.41, 5.74) is 5.33. The number of nitrogens with zero attached hydrogens (tertiary/aromatic N) is 4. The van der Waals surface area contributed by atoms with Gasteiger partial charge in [0.1, 0.15) is 23.7 Å². The maximum Gasteiger partial charge on any atom is 0.123 e. The number of halogens is 1. The molecule has 5 heteroatoms. The van der Waals surface area contributed by atoms with Crippen LogP contribution in [0.1, 0.15) is 11.1 Å². The third-order valence-electron chi connectivity index (χ3n) is 4.13. The first kappa shape index (κ1) is 15.0. The highest BCUT2D eigenvalue weighted by atomic mass is 19.1. The van der Waals surface area contributed by atoms with Crippen LogP contribution >= 0.6 is 0 Å². The third kappa shape index (κ3) is 2.54. The maximum atomic E-state index is 13.3. The standard InChI is InChI=1S/C20H13FN4/c1-13-2-4-14(5-3-13)18-20-19(24-12-23-18)15(10-22)11-25(20)17-8-6-16(21)7-9-17/h2-9,11-12H,1H3. The van der Waals surface area contributed by atoms with Crippen molar-refractivity contribution >= 4 is 11.0 Å². The van der Waals surface area contributed by atoms with E-state index in [9.17, 15) is 9.65 Å². The first-order chi connectivity index (χ1) is 12.2. The van der Waals surface area contributed by atoms with E-state index in [1.807, 2.05) is 35.8 Å². The van der Waals surface area contributed by atoms with Gasteiger partial charge in [-0.25, -0.2) is 14.4 Å². The number of hydrogen-bond acceptors (Lipinski definition) is 3. The molecule has 0 unspecified atom stereocenters. The van der Waals surface area contributed by atoms with Crippen molar-refractivity contribution in [3.05, 3.63) is 78.0 Å². The molecule has 0 aliphatic rings. The molecule has 2 aromatic carbocycles. The SMILES string of the molecule is Cc1ccc(-c2ncnc3c(C#N)cn(-c4ccc(F)cc4)c23)cc1. The van der Waals surface area contributed by atoms with Crippen molar-refractivity contribution in [1.29, 1.82) is 5.26 Å². The summed E-state index contributed by atoms with van der Waals surface area (Å²) >= 11 is 0. The fraction of sp³-hybridized carbons (Fsp3) is 0.0500. The first-order valence-corrected chi connectivity index (χ1v) is 7.76. The molecule has 2 heterocycles. The molecule has 4 nitrogen and oxygen atoms in total. The van der Waals surface area contributed by atoms with Crippen LogP contribution in [-0.2, 0) is 0 Å². The second-order valence-corrected chi connectivity index (χ2v) is 5.79. The number of benzene rings is 2. The molecule has 0 radical (unpaired) electrons. The highest BCUT2D eigenvalue weighted by Crippen LogP contribution is 2.30. The Morgan fingerprint density at radius 1 is 1.00 bits per heavy atom. The molecule has 0 aliphatic carbocycles. The lowest BCUT2D eigenvalue weighted by molar-refractivity contribution is 0.627. The molecule has 0 saturated carbocycles. The Morgan fingerprint density at radius 3 is 2.40 bits per heavy atom. The van der Waals surface area contributed by atoms with Gasteiger partial charge in [-0.3, -0.25) is 0 Å². The summed E-state index contributed by atoms with van der Waals surface area (Å²) in [5, 5.41) is 9.45. The van der Waals surface area contributed by atoms with E-state index >= 15 is 0 Å². The predicted molar refractivity (Wildman–Crippen MR) is 93.7 cm³/mol. The smallest absolute Gasteiger partial charge is 0.123 e. The van der Waals surface area contributed by atoms with E-state index in [-0.39, 0.29) is 5.82 Å². The number of rotatable bonds is 2. The largest absolute Gasteiger partial charge is 0.312 e. The summed E-state index contributed by atoms with van der Waals surface area (Å²) < 4.78 is 15.1. The first-order valence-electron chi connectivity index (χ1n) is 7.76. The van der Waals surface area contributed by atoms with Gasteiger partial charge in [-0.1, -0.05) is 29.8 Å². The minimum absolute atomic E-state index is 0.310. The molecule has 0 fully saturated rings. The molecular weight excluding hydrogens is 315 g/mol. The third-order valence-corrected chi connectivity index (χ3v) is 4.13. The fourth-order valence-corrected chi connectivity index (χ4v) is 2.87. The number of aromatic nitrogens is 3. The zero-order valence-corrected chi connectivity index (χ0v) is 13.4. The van der Waals surface area contributed by atoms with Crippen molar-refractivity contribution in [3.8, 4) is 23.0 Å². The van der Waals surface area contributed by atoms with Crippen molar-refractivity contribution in [3.63, 3.8) is 0 Å². The second-order valence-electron chi connectivity index (χ2n) is 5.79. The number of nitriles is 1. The van der Waals surface area contributed by atoms with E-state index in [1.54, 1.807) is 18.3 Å². The van der Waals surface area contributed by atoms with Crippen LogP contribution in [0.5, 0.6) is 0 Å². The average Bonchev–Trinajstić information content (AvgIpc) is 3.02. The van der Waals surface area contributed by atoms with Crippen LogP contribution in [0.2, 0.25) is 0 Å². The van der Waals surface area contributed by atoms with Crippen molar-refractivity contribution in [2.24, 2.45) is 0 Å². The number of aryl methyl sites for hydroxylation is 1.